The number of rotatable bonds is 8. The van der Waals surface area contributed by atoms with Gasteiger partial charge in [-0.3, -0.25) is 4.79 Å². The van der Waals surface area contributed by atoms with Crippen LogP contribution in [0.4, 0.5) is 0 Å². The molecule has 0 bridgehead atoms. The fourth-order valence-corrected chi connectivity index (χ4v) is 2.09. The zero-order valence-electron chi connectivity index (χ0n) is 11.6. The largest absolute Gasteiger partial charge is 0.315 e. The Labute approximate surface area is 111 Å². The molecule has 0 aliphatic heterocycles. The zero-order chi connectivity index (χ0) is 13.4. The smallest absolute Gasteiger partial charge is 0.156 e. The summed E-state index contributed by atoms with van der Waals surface area (Å²) in [6, 6.07) is 9.64. The van der Waals surface area contributed by atoms with E-state index in [0.717, 1.165) is 18.4 Å². The van der Waals surface area contributed by atoms with Gasteiger partial charge in [-0.1, -0.05) is 62.9 Å². The van der Waals surface area contributed by atoms with Crippen molar-refractivity contribution in [2.24, 2.45) is 5.73 Å². The van der Waals surface area contributed by atoms with Crippen LogP contribution in [0.1, 0.15) is 57.9 Å². The van der Waals surface area contributed by atoms with Crippen LogP contribution in [0.25, 0.3) is 0 Å². The van der Waals surface area contributed by atoms with Gasteiger partial charge in [0.1, 0.15) is 0 Å². The Kier molecular flexibility index (Phi) is 6.06. The van der Waals surface area contributed by atoms with Gasteiger partial charge >= 0.3 is 0 Å². The molecule has 0 aromatic heterocycles. The second kappa shape index (κ2) is 7.32. The van der Waals surface area contributed by atoms with Gasteiger partial charge in [-0.2, -0.15) is 0 Å². The number of hydrogen-bond acceptors (Lipinski definition) is 2. The normalized spacial score (nSPS) is 14.2. The van der Waals surface area contributed by atoms with Crippen molar-refractivity contribution in [3.05, 3.63) is 35.9 Å². The third-order valence-corrected chi connectivity index (χ3v) is 3.46. The Bertz CT molecular complexity index is 357. The first-order valence-corrected chi connectivity index (χ1v) is 6.96. The molecule has 100 valence electrons. The van der Waals surface area contributed by atoms with Crippen LogP contribution in [0.2, 0.25) is 0 Å². The van der Waals surface area contributed by atoms with E-state index < -0.39 is 5.54 Å². The molecule has 1 aromatic rings. The molecule has 0 aliphatic rings. The fourth-order valence-electron chi connectivity index (χ4n) is 2.09. The number of carbonyl (C=O) groups excluding carboxylic acids is 1. The minimum atomic E-state index is -0.841. The Morgan fingerprint density at radius 1 is 1.11 bits per heavy atom. The summed E-state index contributed by atoms with van der Waals surface area (Å²) >= 11 is 0. The molecule has 0 saturated heterocycles. The van der Waals surface area contributed by atoms with Crippen molar-refractivity contribution in [3.63, 3.8) is 0 Å². The third kappa shape index (κ3) is 4.26. The highest BCUT2D eigenvalue weighted by Crippen LogP contribution is 2.21. The van der Waals surface area contributed by atoms with Crippen LogP contribution >= 0.6 is 0 Å². The summed E-state index contributed by atoms with van der Waals surface area (Å²) in [5, 5.41) is 0. The number of nitrogens with two attached hydrogens (primary N) is 1. The van der Waals surface area contributed by atoms with Crippen molar-refractivity contribution in [3.8, 4) is 0 Å². The lowest BCUT2D eigenvalue weighted by molar-refractivity contribution is -0.124. The van der Waals surface area contributed by atoms with Crippen molar-refractivity contribution >= 4 is 5.78 Å². The Balaban J connectivity index is 2.45. The molecule has 0 saturated carbocycles. The lowest BCUT2D eigenvalue weighted by atomic mass is 9.86. The van der Waals surface area contributed by atoms with Gasteiger partial charge in [-0.05, 0) is 18.9 Å². The molecule has 0 aliphatic carbocycles. The topological polar surface area (TPSA) is 43.1 Å². The van der Waals surface area contributed by atoms with Crippen LogP contribution in [0.5, 0.6) is 0 Å². The van der Waals surface area contributed by atoms with E-state index in [-0.39, 0.29) is 5.78 Å². The van der Waals surface area contributed by atoms with Crippen molar-refractivity contribution in [1.82, 2.24) is 0 Å². The predicted octanol–water partition coefficient (Wildman–Crippen LogP) is 3.79. The summed E-state index contributed by atoms with van der Waals surface area (Å²) in [5.41, 5.74) is 6.24. The lowest BCUT2D eigenvalue weighted by Crippen LogP contribution is -2.41. The summed E-state index contributed by atoms with van der Waals surface area (Å²) in [5.74, 6) is 0.144. The van der Waals surface area contributed by atoms with Gasteiger partial charge in [0.2, 0.25) is 0 Å². The molecule has 2 heteroatoms. The van der Waals surface area contributed by atoms with Crippen LogP contribution in [0.15, 0.2) is 30.3 Å². The van der Waals surface area contributed by atoms with Crippen LogP contribution in [0.3, 0.4) is 0 Å². The number of hydrogen-bond donors (Lipinski definition) is 1. The van der Waals surface area contributed by atoms with Crippen molar-refractivity contribution < 1.29 is 4.79 Å². The minimum absolute atomic E-state index is 0.144. The summed E-state index contributed by atoms with van der Waals surface area (Å²) < 4.78 is 0. The Morgan fingerprint density at radius 3 is 2.33 bits per heavy atom. The molecule has 0 spiro atoms. The minimum Gasteiger partial charge on any atom is -0.315 e. The zero-order valence-corrected chi connectivity index (χ0v) is 11.6. The van der Waals surface area contributed by atoms with Gasteiger partial charge in [0, 0.05) is 6.42 Å². The van der Waals surface area contributed by atoms with E-state index >= 15 is 0 Å². The molecule has 0 heterocycles. The maximum atomic E-state index is 12.2. The third-order valence-electron chi connectivity index (χ3n) is 3.46. The second-order valence-corrected chi connectivity index (χ2v) is 5.16. The van der Waals surface area contributed by atoms with Gasteiger partial charge in [0.05, 0.1) is 5.54 Å². The quantitative estimate of drug-likeness (QED) is 0.710. The molecular formula is C16H25NO. The van der Waals surface area contributed by atoms with Crippen LogP contribution in [-0.2, 0) is 10.3 Å². The van der Waals surface area contributed by atoms with Gasteiger partial charge in [0.15, 0.2) is 5.78 Å². The van der Waals surface area contributed by atoms with E-state index in [1.54, 1.807) is 0 Å². The van der Waals surface area contributed by atoms with E-state index in [1.165, 1.54) is 19.3 Å². The molecule has 1 aromatic carbocycles. The van der Waals surface area contributed by atoms with E-state index in [2.05, 4.69) is 6.92 Å². The van der Waals surface area contributed by atoms with Crippen LogP contribution in [0, 0.1) is 0 Å². The number of benzene rings is 1. The molecule has 0 amide bonds. The summed E-state index contributed by atoms with van der Waals surface area (Å²) in [7, 11) is 0. The average Bonchev–Trinajstić information content (AvgIpc) is 2.39. The number of unbranched alkanes of at least 4 members (excludes halogenated alkanes) is 4. The van der Waals surface area contributed by atoms with Crippen molar-refractivity contribution in [2.45, 2.75) is 57.9 Å². The molecule has 2 nitrogen and oxygen atoms in total. The average molecular weight is 247 g/mol. The molecular weight excluding hydrogens is 222 g/mol. The van der Waals surface area contributed by atoms with Gasteiger partial charge in [-0.15, -0.1) is 0 Å². The second-order valence-electron chi connectivity index (χ2n) is 5.16. The molecule has 0 fully saturated rings. The van der Waals surface area contributed by atoms with Gasteiger partial charge in [-0.25, -0.2) is 0 Å². The Morgan fingerprint density at radius 2 is 1.72 bits per heavy atom. The maximum Gasteiger partial charge on any atom is 0.156 e. The maximum absolute atomic E-state index is 12.2. The summed E-state index contributed by atoms with van der Waals surface area (Å²) in [4.78, 5) is 12.2. The number of ketones is 1. The number of carbonyl (C=O) groups is 1. The highest BCUT2D eigenvalue weighted by atomic mass is 16.1. The first kappa shape index (κ1) is 14.9. The first-order valence-electron chi connectivity index (χ1n) is 6.96. The van der Waals surface area contributed by atoms with Gasteiger partial charge in [0.25, 0.3) is 0 Å². The van der Waals surface area contributed by atoms with Crippen LogP contribution in [-0.4, -0.2) is 5.78 Å². The SMILES string of the molecule is CCCCCCCC(=O)C(C)(N)c1ccccc1. The van der Waals surface area contributed by atoms with E-state index in [0.29, 0.717) is 6.42 Å². The highest BCUT2D eigenvalue weighted by molar-refractivity contribution is 5.88. The van der Waals surface area contributed by atoms with E-state index in [4.69, 9.17) is 5.73 Å². The van der Waals surface area contributed by atoms with Crippen molar-refractivity contribution in [1.29, 1.82) is 0 Å². The standard InChI is InChI=1S/C16H25NO/c1-3-4-5-6-10-13-15(18)16(2,17)14-11-8-7-9-12-14/h7-9,11-12H,3-6,10,13,17H2,1-2H3. The monoisotopic (exact) mass is 247 g/mol. The van der Waals surface area contributed by atoms with E-state index in [9.17, 15) is 4.79 Å². The van der Waals surface area contributed by atoms with E-state index in [1.807, 2.05) is 37.3 Å². The van der Waals surface area contributed by atoms with Gasteiger partial charge < -0.3 is 5.73 Å². The number of Topliss-reactive ketones (excluding diaryl/α,β-unsaturated/α-hetero) is 1. The summed E-state index contributed by atoms with van der Waals surface area (Å²) in [6.45, 7) is 4.01. The molecule has 2 N–H and O–H groups in total. The lowest BCUT2D eigenvalue weighted by Gasteiger charge is -2.23. The van der Waals surface area contributed by atoms with Crippen molar-refractivity contribution in [2.75, 3.05) is 0 Å². The predicted molar refractivity (Wildman–Crippen MR) is 76.4 cm³/mol. The molecule has 18 heavy (non-hydrogen) atoms. The molecule has 1 atom stereocenters. The fraction of sp³-hybridized carbons (Fsp3) is 0.562. The molecule has 0 radical (unpaired) electrons. The Hall–Kier alpha value is -1.15. The molecule has 1 rings (SSSR count). The summed E-state index contributed by atoms with van der Waals surface area (Å²) in [6.07, 6.45) is 6.38. The first-order chi connectivity index (χ1) is 8.59. The molecule has 1 unspecified atom stereocenters. The van der Waals surface area contributed by atoms with Crippen LogP contribution < -0.4 is 5.73 Å². The highest BCUT2D eigenvalue weighted by Gasteiger charge is 2.29.